The number of hydrogen-bond donors (Lipinski definition) is 2. The van der Waals surface area contributed by atoms with Crippen LogP contribution in [0, 0.1) is 0 Å². The first-order valence-electron chi connectivity index (χ1n) is 4.30. The number of amidine groups is 1. The highest BCUT2D eigenvalue weighted by molar-refractivity contribution is 7.91. The first-order valence-corrected chi connectivity index (χ1v) is 5.95. The minimum Gasteiger partial charge on any atom is -0.409 e. The van der Waals surface area contributed by atoms with Crippen molar-refractivity contribution >= 4 is 15.7 Å². The van der Waals surface area contributed by atoms with Gasteiger partial charge in [-0.25, -0.2) is 8.42 Å². The Kier molecular flexibility index (Phi) is 3.68. The number of nitrogens with zero attached hydrogens (tertiary/aromatic N) is 1. The second kappa shape index (κ2) is 4.79. The molecule has 0 unspecified atom stereocenters. The summed E-state index contributed by atoms with van der Waals surface area (Å²) in [5.41, 5.74) is 5.19. The summed E-state index contributed by atoms with van der Waals surface area (Å²) in [6.45, 7) is 0. The van der Waals surface area contributed by atoms with Gasteiger partial charge in [-0.05, 0) is 12.1 Å². The van der Waals surface area contributed by atoms with Crippen LogP contribution >= 0.6 is 0 Å². The van der Waals surface area contributed by atoms with Crippen molar-refractivity contribution in [3.05, 3.63) is 30.3 Å². The van der Waals surface area contributed by atoms with Gasteiger partial charge in [0.1, 0.15) is 5.84 Å². The van der Waals surface area contributed by atoms with Crippen LogP contribution in [0.5, 0.6) is 0 Å². The number of hydrogen-bond acceptors (Lipinski definition) is 4. The van der Waals surface area contributed by atoms with Crippen molar-refractivity contribution in [3.8, 4) is 0 Å². The molecule has 0 aromatic heterocycles. The monoisotopic (exact) mass is 228 g/mol. The molecule has 6 heteroatoms. The van der Waals surface area contributed by atoms with E-state index in [1.54, 1.807) is 18.2 Å². The lowest BCUT2D eigenvalue weighted by molar-refractivity contribution is 0.317. The SMILES string of the molecule is N/C(CCS(=O)(=O)c1ccccc1)=N/O. The molecule has 15 heavy (non-hydrogen) atoms. The van der Waals surface area contributed by atoms with Gasteiger partial charge in [-0.15, -0.1) is 0 Å². The predicted octanol–water partition coefficient (Wildman–Crippen LogP) is 0.597. The van der Waals surface area contributed by atoms with Crippen molar-refractivity contribution in [1.29, 1.82) is 0 Å². The Morgan fingerprint density at radius 1 is 1.33 bits per heavy atom. The summed E-state index contributed by atoms with van der Waals surface area (Å²) in [6.07, 6.45) is 0.0216. The second-order valence-corrected chi connectivity index (χ2v) is 5.08. The number of benzene rings is 1. The van der Waals surface area contributed by atoms with Gasteiger partial charge in [-0.2, -0.15) is 0 Å². The Balaban J connectivity index is 2.78. The molecule has 0 fully saturated rings. The molecule has 82 valence electrons. The largest absolute Gasteiger partial charge is 0.409 e. The topological polar surface area (TPSA) is 92.8 Å². The fourth-order valence-electron chi connectivity index (χ4n) is 1.03. The molecule has 3 N–H and O–H groups in total. The van der Waals surface area contributed by atoms with Crippen molar-refractivity contribution in [3.63, 3.8) is 0 Å². The maximum Gasteiger partial charge on any atom is 0.178 e. The van der Waals surface area contributed by atoms with Gasteiger partial charge in [0.25, 0.3) is 0 Å². The van der Waals surface area contributed by atoms with E-state index >= 15 is 0 Å². The maximum absolute atomic E-state index is 11.7. The van der Waals surface area contributed by atoms with Crippen molar-refractivity contribution in [2.45, 2.75) is 11.3 Å². The van der Waals surface area contributed by atoms with E-state index in [0.717, 1.165) is 0 Å². The maximum atomic E-state index is 11.7. The number of oxime groups is 1. The highest BCUT2D eigenvalue weighted by atomic mass is 32.2. The number of nitrogens with two attached hydrogens (primary N) is 1. The van der Waals surface area contributed by atoms with Crippen LogP contribution in [0.3, 0.4) is 0 Å². The van der Waals surface area contributed by atoms with Crippen molar-refractivity contribution in [1.82, 2.24) is 0 Å². The quantitative estimate of drug-likeness (QED) is 0.341. The van der Waals surface area contributed by atoms with Crippen LogP contribution < -0.4 is 5.73 Å². The van der Waals surface area contributed by atoms with E-state index in [-0.39, 0.29) is 22.9 Å². The third kappa shape index (κ3) is 3.25. The normalized spacial score (nSPS) is 12.7. The molecule has 0 aliphatic rings. The van der Waals surface area contributed by atoms with Crippen LogP contribution in [-0.4, -0.2) is 25.2 Å². The van der Waals surface area contributed by atoms with Crippen molar-refractivity contribution in [2.24, 2.45) is 10.9 Å². The Hall–Kier alpha value is -1.56. The molecule has 1 aromatic carbocycles. The van der Waals surface area contributed by atoms with E-state index in [1.807, 2.05) is 0 Å². The lowest BCUT2D eigenvalue weighted by Crippen LogP contribution is -2.17. The van der Waals surface area contributed by atoms with E-state index in [9.17, 15) is 8.42 Å². The molecule has 1 aromatic rings. The van der Waals surface area contributed by atoms with Gasteiger partial charge in [0, 0.05) is 6.42 Å². The summed E-state index contributed by atoms with van der Waals surface area (Å²) >= 11 is 0. The third-order valence-corrected chi connectivity index (χ3v) is 3.59. The molecule has 0 radical (unpaired) electrons. The first kappa shape index (κ1) is 11.5. The highest BCUT2D eigenvalue weighted by Gasteiger charge is 2.14. The molecular formula is C9H12N2O3S. The molecule has 1 rings (SSSR count). The van der Waals surface area contributed by atoms with Gasteiger partial charge in [-0.1, -0.05) is 23.4 Å². The van der Waals surface area contributed by atoms with Crippen LogP contribution in [0.4, 0.5) is 0 Å². The zero-order chi connectivity index (χ0) is 11.3. The number of sulfone groups is 1. The predicted molar refractivity (Wildman–Crippen MR) is 56.5 cm³/mol. The summed E-state index contributed by atoms with van der Waals surface area (Å²) in [5, 5.41) is 11.0. The van der Waals surface area contributed by atoms with E-state index in [1.165, 1.54) is 12.1 Å². The average molecular weight is 228 g/mol. The molecule has 5 nitrogen and oxygen atoms in total. The Bertz CT molecular complexity index is 440. The van der Waals surface area contributed by atoms with Crippen molar-refractivity contribution in [2.75, 3.05) is 5.75 Å². The number of rotatable bonds is 4. The van der Waals surface area contributed by atoms with Crippen LogP contribution in [0.2, 0.25) is 0 Å². The summed E-state index contributed by atoms with van der Waals surface area (Å²) in [4.78, 5) is 0.246. The van der Waals surface area contributed by atoms with Gasteiger partial charge in [0.05, 0.1) is 10.6 Å². The van der Waals surface area contributed by atoms with Crippen LogP contribution in [0.1, 0.15) is 6.42 Å². The molecule has 0 atom stereocenters. The molecule has 0 heterocycles. The molecule has 0 aliphatic carbocycles. The fraction of sp³-hybridized carbons (Fsp3) is 0.222. The van der Waals surface area contributed by atoms with Gasteiger partial charge in [-0.3, -0.25) is 0 Å². The lowest BCUT2D eigenvalue weighted by Gasteiger charge is -2.02. The van der Waals surface area contributed by atoms with Crippen molar-refractivity contribution < 1.29 is 13.6 Å². The Morgan fingerprint density at radius 2 is 1.93 bits per heavy atom. The zero-order valence-electron chi connectivity index (χ0n) is 8.00. The standard InChI is InChI=1S/C9H12N2O3S/c10-9(11-12)6-7-15(13,14)8-4-2-1-3-5-8/h1-5,12H,6-7H2,(H2,10,11). The zero-order valence-corrected chi connectivity index (χ0v) is 8.81. The van der Waals surface area contributed by atoms with Gasteiger partial charge in [0.15, 0.2) is 9.84 Å². The van der Waals surface area contributed by atoms with Crippen LogP contribution in [-0.2, 0) is 9.84 Å². The van der Waals surface area contributed by atoms with Crippen LogP contribution in [0.15, 0.2) is 40.4 Å². The molecule has 0 aliphatic heterocycles. The van der Waals surface area contributed by atoms with Gasteiger partial charge in [0.2, 0.25) is 0 Å². The Morgan fingerprint density at radius 3 is 2.47 bits per heavy atom. The lowest BCUT2D eigenvalue weighted by atomic mass is 10.4. The first-order chi connectivity index (χ1) is 7.06. The van der Waals surface area contributed by atoms with E-state index in [2.05, 4.69) is 5.16 Å². The second-order valence-electron chi connectivity index (χ2n) is 2.97. The molecular weight excluding hydrogens is 216 g/mol. The molecule has 0 bridgehead atoms. The third-order valence-electron chi connectivity index (χ3n) is 1.86. The Labute approximate surface area is 88.1 Å². The smallest absolute Gasteiger partial charge is 0.178 e. The molecule has 0 saturated heterocycles. The fourth-order valence-corrected chi connectivity index (χ4v) is 2.32. The average Bonchev–Trinajstić information content (AvgIpc) is 2.27. The van der Waals surface area contributed by atoms with Crippen LogP contribution in [0.25, 0.3) is 0 Å². The molecule has 0 amide bonds. The molecule has 0 spiro atoms. The summed E-state index contributed by atoms with van der Waals surface area (Å²) < 4.78 is 23.3. The minimum atomic E-state index is -3.34. The summed E-state index contributed by atoms with van der Waals surface area (Å²) in [5.74, 6) is -0.248. The van der Waals surface area contributed by atoms with Gasteiger partial charge >= 0.3 is 0 Å². The highest BCUT2D eigenvalue weighted by Crippen LogP contribution is 2.10. The van der Waals surface area contributed by atoms with Gasteiger partial charge < -0.3 is 10.9 Å². The van der Waals surface area contributed by atoms with E-state index < -0.39 is 9.84 Å². The van der Waals surface area contributed by atoms with E-state index in [0.29, 0.717) is 0 Å². The minimum absolute atomic E-state index is 0.0216. The summed E-state index contributed by atoms with van der Waals surface area (Å²) in [7, 11) is -3.34. The van der Waals surface area contributed by atoms with E-state index in [4.69, 9.17) is 10.9 Å². The molecule has 0 saturated carbocycles. The summed E-state index contributed by atoms with van der Waals surface area (Å²) in [6, 6.07) is 8.07.